The molecule has 1 heterocycles. The van der Waals surface area contributed by atoms with E-state index in [-0.39, 0.29) is 11.3 Å². The Morgan fingerprint density at radius 2 is 1.75 bits per heavy atom. The summed E-state index contributed by atoms with van der Waals surface area (Å²) in [6, 6.07) is 15.9. The maximum Gasteiger partial charge on any atom is 0.243 e. The van der Waals surface area contributed by atoms with Gasteiger partial charge in [-0.25, -0.2) is 8.42 Å². The molecule has 2 aromatic rings. The molecule has 2 aromatic carbocycles. The molecule has 1 aliphatic rings. The van der Waals surface area contributed by atoms with E-state index < -0.39 is 16.1 Å². The molecule has 1 fully saturated rings. The van der Waals surface area contributed by atoms with Crippen LogP contribution in [0.2, 0.25) is 0 Å². The third-order valence-electron chi connectivity index (χ3n) is 6.09. The van der Waals surface area contributed by atoms with E-state index in [0.29, 0.717) is 37.6 Å². The van der Waals surface area contributed by atoms with Crippen molar-refractivity contribution in [2.75, 3.05) is 37.4 Å². The number of anilines is 1. The van der Waals surface area contributed by atoms with Crippen molar-refractivity contribution in [1.82, 2.24) is 5.32 Å². The van der Waals surface area contributed by atoms with Crippen LogP contribution in [0.5, 0.6) is 5.75 Å². The summed E-state index contributed by atoms with van der Waals surface area (Å²) in [5.41, 5.74) is 1.36. The summed E-state index contributed by atoms with van der Waals surface area (Å²) in [6.07, 6.45) is 3.05. The molecule has 1 aliphatic heterocycles. The number of sulfonamides is 1. The van der Waals surface area contributed by atoms with E-state index in [4.69, 9.17) is 9.47 Å². The highest BCUT2D eigenvalue weighted by Gasteiger charge is 2.37. The molecule has 1 amide bonds. The van der Waals surface area contributed by atoms with Crippen molar-refractivity contribution in [3.63, 3.8) is 0 Å². The molecular weight excluding hydrogens is 428 g/mol. The number of amides is 1. The van der Waals surface area contributed by atoms with Crippen molar-refractivity contribution in [1.29, 1.82) is 0 Å². The number of carbonyl (C=O) groups is 1. The van der Waals surface area contributed by atoms with Crippen LogP contribution in [0.3, 0.4) is 0 Å². The van der Waals surface area contributed by atoms with Gasteiger partial charge in [0.25, 0.3) is 0 Å². The number of ether oxygens (including phenoxy) is 2. The molecule has 0 aromatic heterocycles. The Morgan fingerprint density at radius 1 is 1.12 bits per heavy atom. The van der Waals surface area contributed by atoms with Crippen LogP contribution in [0.4, 0.5) is 5.69 Å². The lowest BCUT2D eigenvalue weighted by Gasteiger charge is -2.39. The van der Waals surface area contributed by atoms with Gasteiger partial charge in [0, 0.05) is 25.2 Å². The zero-order chi connectivity index (χ0) is 23.2. The van der Waals surface area contributed by atoms with Gasteiger partial charge in [-0.1, -0.05) is 37.3 Å². The van der Waals surface area contributed by atoms with Crippen LogP contribution in [0.1, 0.15) is 31.7 Å². The fourth-order valence-corrected chi connectivity index (χ4v) is 5.50. The standard InChI is InChI=1S/C24H32N2O5S/c1-4-22(26(32(3,28)29)20-10-12-21(30-2)13-11-20)23(27)25-18-24(14-16-31-17-15-24)19-8-6-5-7-9-19/h5-13,22H,4,14-18H2,1-3H3,(H,25,27)/t22-/m0/s1. The van der Waals surface area contributed by atoms with Gasteiger partial charge < -0.3 is 14.8 Å². The van der Waals surface area contributed by atoms with E-state index in [1.807, 2.05) is 25.1 Å². The Kier molecular flexibility index (Phi) is 7.79. The van der Waals surface area contributed by atoms with Crippen LogP contribution in [0.25, 0.3) is 0 Å². The average Bonchev–Trinajstić information content (AvgIpc) is 2.81. The summed E-state index contributed by atoms with van der Waals surface area (Å²) in [5, 5.41) is 3.06. The molecule has 0 spiro atoms. The molecule has 1 atom stereocenters. The second-order valence-electron chi connectivity index (χ2n) is 8.16. The van der Waals surface area contributed by atoms with E-state index in [0.717, 1.165) is 24.7 Å². The van der Waals surface area contributed by atoms with Crippen LogP contribution >= 0.6 is 0 Å². The fourth-order valence-electron chi connectivity index (χ4n) is 4.28. The van der Waals surface area contributed by atoms with E-state index >= 15 is 0 Å². The normalized spacial score (nSPS) is 16.7. The molecule has 1 saturated heterocycles. The number of rotatable bonds is 9. The van der Waals surface area contributed by atoms with Gasteiger partial charge in [-0.3, -0.25) is 9.10 Å². The van der Waals surface area contributed by atoms with Crippen molar-refractivity contribution in [2.24, 2.45) is 0 Å². The summed E-state index contributed by atoms with van der Waals surface area (Å²) in [7, 11) is -2.15. The van der Waals surface area contributed by atoms with E-state index in [9.17, 15) is 13.2 Å². The zero-order valence-corrected chi connectivity index (χ0v) is 19.7. The van der Waals surface area contributed by atoms with Crippen molar-refractivity contribution in [3.8, 4) is 5.75 Å². The lowest BCUT2D eigenvalue weighted by Crippen LogP contribution is -2.52. The van der Waals surface area contributed by atoms with Crippen LogP contribution in [0.15, 0.2) is 54.6 Å². The first kappa shape index (κ1) is 24.1. The predicted octanol–water partition coefficient (Wildman–Crippen LogP) is 3.10. The van der Waals surface area contributed by atoms with Gasteiger partial charge in [-0.05, 0) is 49.1 Å². The monoisotopic (exact) mass is 460 g/mol. The molecule has 0 unspecified atom stereocenters. The molecule has 1 N–H and O–H groups in total. The Labute approximate surface area is 190 Å². The van der Waals surface area contributed by atoms with E-state index in [1.165, 1.54) is 4.31 Å². The summed E-state index contributed by atoms with van der Waals surface area (Å²) in [4.78, 5) is 13.3. The van der Waals surface area contributed by atoms with Crippen molar-refractivity contribution < 1.29 is 22.7 Å². The molecular formula is C24H32N2O5S. The smallest absolute Gasteiger partial charge is 0.243 e. The number of hydrogen-bond donors (Lipinski definition) is 1. The number of hydrogen-bond acceptors (Lipinski definition) is 5. The predicted molar refractivity (Wildman–Crippen MR) is 126 cm³/mol. The second kappa shape index (κ2) is 10.4. The molecule has 0 radical (unpaired) electrons. The number of methoxy groups -OCH3 is 1. The van der Waals surface area contributed by atoms with Crippen LogP contribution in [0, 0.1) is 0 Å². The van der Waals surface area contributed by atoms with E-state index in [1.54, 1.807) is 31.4 Å². The number of benzene rings is 2. The molecule has 0 saturated carbocycles. The lowest BCUT2D eigenvalue weighted by atomic mass is 9.74. The zero-order valence-electron chi connectivity index (χ0n) is 18.9. The third kappa shape index (κ3) is 5.42. The largest absolute Gasteiger partial charge is 0.497 e. The molecule has 174 valence electrons. The van der Waals surface area contributed by atoms with Crippen molar-refractivity contribution in [2.45, 2.75) is 37.6 Å². The Balaban J connectivity index is 1.84. The SMILES string of the molecule is CC[C@@H](C(=O)NCC1(c2ccccc2)CCOCC1)N(c1ccc(OC)cc1)S(C)(=O)=O. The topological polar surface area (TPSA) is 84.9 Å². The van der Waals surface area contributed by atoms with Gasteiger partial charge >= 0.3 is 0 Å². The number of nitrogens with zero attached hydrogens (tertiary/aromatic N) is 1. The number of nitrogens with one attached hydrogen (secondary N) is 1. The Hall–Kier alpha value is -2.58. The quantitative estimate of drug-likeness (QED) is 0.622. The van der Waals surface area contributed by atoms with Crippen molar-refractivity contribution >= 4 is 21.6 Å². The summed E-state index contributed by atoms with van der Waals surface area (Å²) in [6.45, 7) is 3.50. The molecule has 32 heavy (non-hydrogen) atoms. The summed E-state index contributed by atoms with van der Waals surface area (Å²) >= 11 is 0. The maximum atomic E-state index is 13.3. The molecule has 0 aliphatic carbocycles. The maximum absolute atomic E-state index is 13.3. The first-order valence-electron chi connectivity index (χ1n) is 10.9. The highest BCUT2D eigenvalue weighted by molar-refractivity contribution is 7.92. The van der Waals surface area contributed by atoms with Gasteiger partial charge in [0.05, 0.1) is 19.1 Å². The highest BCUT2D eigenvalue weighted by Crippen LogP contribution is 2.34. The minimum Gasteiger partial charge on any atom is -0.497 e. The fraction of sp³-hybridized carbons (Fsp3) is 0.458. The van der Waals surface area contributed by atoms with E-state index in [2.05, 4.69) is 17.4 Å². The average molecular weight is 461 g/mol. The summed E-state index contributed by atoms with van der Waals surface area (Å²) in [5.74, 6) is 0.305. The van der Waals surface area contributed by atoms with Gasteiger partial charge in [0.15, 0.2) is 0 Å². The van der Waals surface area contributed by atoms with Gasteiger partial charge in [0.1, 0.15) is 11.8 Å². The third-order valence-corrected chi connectivity index (χ3v) is 7.27. The first-order valence-corrected chi connectivity index (χ1v) is 12.7. The highest BCUT2D eigenvalue weighted by atomic mass is 32.2. The lowest BCUT2D eigenvalue weighted by molar-refractivity contribution is -0.122. The molecule has 8 heteroatoms. The Morgan fingerprint density at radius 3 is 2.28 bits per heavy atom. The molecule has 3 rings (SSSR count). The molecule has 7 nitrogen and oxygen atoms in total. The number of carbonyl (C=O) groups excluding carboxylic acids is 1. The summed E-state index contributed by atoms with van der Waals surface area (Å²) < 4.78 is 37.3. The van der Waals surface area contributed by atoms with Crippen LogP contribution in [-0.4, -0.2) is 53.5 Å². The second-order valence-corrected chi connectivity index (χ2v) is 10.0. The molecule has 0 bridgehead atoms. The first-order chi connectivity index (χ1) is 15.3. The minimum atomic E-state index is -3.69. The van der Waals surface area contributed by atoms with Crippen LogP contribution < -0.4 is 14.4 Å². The van der Waals surface area contributed by atoms with Gasteiger partial charge in [-0.2, -0.15) is 0 Å². The van der Waals surface area contributed by atoms with Crippen molar-refractivity contribution in [3.05, 3.63) is 60.2 Å². The van der Waals surface area contributed by atoms with Gasteiger partial charge in [0.2, 0.25) is 15.9 Å². The Bertz CT molecular complexity index is 987. The van der Waals surface area contributed by atoms with Crippen LogP contribution in [-0.2, 0) is 25.0 Å². The van der Waals surface area contributed by atoms with Gasteiger partial charge in [-0.15, -0.1) is 0 Å². The minimum absolute atomic E-state index is 0.233.